The van der Waals surface area contributed by atoms with E-state index in [1.54, 1.807) is 12.1 Å². The second-order valence-corrected chi connectivity index (χ2v) is 8.27. The van der Waals surface area contributed by atoms with E-state index in [4.69, 9.17) is 9.47 Å². The summed E-state index contributed by atoms with van der Waals surface area (Å²) in [5.74, 6) is 1.59. The Labute approximate surface area is 180 Å². The maximum absolute atomic E-state index is 12.3. The molecule has 1 fully saturated rings. The van der Waals surface area contributed by atoms with Gasteiger partial charge in [-0.3, -0.25) is 14.7 Å². The molecule has 2 unspecified atom stereocenters. The van der Waals surface area contributed by atoms with E-state index in [1.165, 1.54) is 16.0 Å². The smallest absolute Gasteiger partial charge is 0.415 e. The van der Waals surface area contributed by atoms with Gasteiger partial charge in [-0.25, -0.2) is 9.78 Å². The van der Waals surface area contributed by atoms with Gasteiger partial charge in [0.15, 0.2) is 18.2 Å². The van der Waals surface area contributed by atoms with Crippen LogP contribution in [0.25, 0.3) is 0 Å². The van der Waals surface area contributed by atoms with Gasteiger partial charge in [0, 0.05) is 11.9 Å². The summed E-state index contributed by atoms with van der Waals surface area (Å²) in [4.78, 5) is 34.1. The third kappa shape index (κ3) is 4.05. The standard InChI is InChI=1S/C22H25N5O4/c1-13-17-9-14(8-15(17)4-7-24-13)10-23-6-5-16-11-27(22(29)31-16)19-3-2-18-21(25-19)26-20(28)12-30-18/h2-4,7,14,16,23H,5-6,8-12H2,1H3,(H,25,26,28). The zero-order chi connectivity index (χ0) is 21.4. The van der Waals surface area contributed by atoms with E-state index in [1.807, 2.05) is 6.20 Å². The second-order valence-electron chi connectivity index (χ2n) is 8.27. The van der Waals surface area contributed by atoms with Crippen LogP contribution in [0.2, 0.25) is 0 Å². The minimum absolute atomic E-state index is 0.0295. The van der Waals surface area contributed by atoms with Crippen LogP contribution in [-0.2, 0) is 22.4 Å². The lowest BCUT2D eigenvalue weighted by Gasteiger charge is -2.19. The van der Waals surface area contributed by atoms with Gasteiger partial charge in [-0.05, 0) is 74.5 Å². The predicted molar refractivity (Wildman–Crippen MR) is 113 cm³/mol. The monoisotopic (exact) mass is 423 g/mol. The van der Waals surface area contributed by atoms with Crippen molar-refractivity contribution in [3.63, 3.8) is 0 Å². The first-order valence-corrected chi connectivity index (χ1v) is 10.6. The minimum Gasteiger partial charge on any atom is -0.480 e. The molecular formula is C22H25N5O4. The molecular weight excluding hydrogens is 398 g/mol. The third-order valence-corrected chi connectivity index (χ3v) is 6.06. The first kappa shape index (κ1) is 19.7. The molecule has 2 aromatic heterocycles. The van der Waals surface area contributed by atoms with Crippen LogP contribution < -0.4 is 20.3 Å². The molecule has 31 heavy (non-hydrogen) atoms. The molecule has 1 aliphatic carbocycles. The maximum Gasteiger partial charge on any atom is 0.415 e. The van der Waals surface area contributed by atoms with Gasteiger partial charge in [0.2, 0.25) is 0 Å². The van der Waals surface area contributed by atoms with E-state index in [0.717, 1.165) is 38.0 Å². The Kier molecular flexibility index (Phi) is 5.19. The number of aryl methyl sites for hydroxylation is 1. The molecule has 4 heterocycles. The summed E-state index contributed by atoms with van der Waals surface area (Å²) in [7, 11) is 0. The fourth-order valence-corrected chi connectivity index (χ4v) is 4.47. The largest absolute Gasteiger partial charge is 0.480 e. The Bertz CT molecular complexity index is 1030. The minimum atomic E-state index is -0.422. The number of hydrogen-bond donors (Lipinski definition) is 2. The molecule has 162 valence electrons. The number of carbonyl (C=O) groups excluding carboxylic acids is 2. The van der Waals surface area contributed by atoms with Gasteiger partial charge in [0.05, 0.1) is 6.54 Å². The number of nitrogens with one attached hydrogen (secondary N) is 2. The van der Waals surface area contributed by atoms with Crippen molar-refractivity contribution in [1.29, 1.82) is 0 Å². The fourth-order valence-electron chi connectivity index (χ4n) is 4.47. The Morgan fingerprint density at radius 3 is 3.03 bits per heavy atom. The number of carbonyl (C=O) groups is 2. The van der Waals surface area contributed by atoms with Crippen LogP contribution in [0.1, 0.15) is 23.2 Å². The molecule has 0 bridgehead atoms. The Morgan fingerprint density at radius 1 is 1.26 bits per heavy atom. The van der Waals surface area contributed by atoms with E-state index in [9.17, 15) is 9.59 Å². The van der Waals surface area contributed by atoms with Gasteiger partial charge in [-0.2, -0.15) is 0 Å². The van der Waals surface area contributed by atoms with Crippen LogP contribution in [-0.4, -0.2) is 54.3 Å². The van der Waals surface area contributed by atoms with Gasteiger partial charge >= 0.3 is 6.09 Å². The van der Waals surface area contributed by atoms with Crippen LogP contribution in [0.3, 0.4) is 0 Å². The fraction of sp³-hybridized carbons (Fsp3) is 0.455. The number of ether oxygens (including phenoxy) is 2. The molecule has 0 spiro atoms. The van der Waals surface area contributed by atoms with Crippen molar-refractivity contribution in [3.8, 4) is 5.75 Å². The molecule has 2 N–H and O–H groups in total. The van der Waals surface area contributed by atoms with Crippen molar-refractivity contribution in [3.05, 3.63) is 41.2 Å². The molecule has 9 heteroatoms. The number of anilines is 2. The predicted octanol–water partition coefficient (Wildman–Crippen LogP) is 1.84. The highest BCUT2D eigenvalue weighted by atomic mass is 16.6. The molecule has 0 aromatic carbocycles. The van der Waals surface area contributed by atoms with Crippen molar-refractivity contribution < 1.29 is 19.1 Å². The molecule has 9 nitrogen and oxygen atoms in total. The van der Waals surface area contributed by atoms with Crippen molar-refractivity contribution in [2.45, 2.75) is 32.3 Å². The molecule has 3 aliphatic rings. The molecule has 2 amide bonds. The van der Waals surface area contributed by atoms with E-state index >= 15 is 0 Å². The average Bonchev–Trinajstić information content (AvgIpc) is 3.34. The van der Waals surface area contributed by atoms with Crippen LogP contribution in [0.5, 0.6) is 5.75 Å². The van der Waals surface area contributed by atoms with Gasteiger partial charge < -0.3 is 20.1 Å². The van der Waals surface area contributed by atoms with E-state index in [2.05, 4.69) is 33.6 Å². The first-order valence-electron chi connectivity index (χ1n) is 10.6. The van der Waals surface area contributed by atoms with E-state index in [0.29, 0.717) is 29.8 Å². The van der Waals surface area contributed by atoms with Gasteiger partial charge in [-0.15, -0.1) is 0 Å². The second kappa shape index (κ2) is 8.14. The van der Waals surface area contributed by atoms with Gasteiger partial charge in [0.25, 0.3) is 5.91 Å². The summed E-state index contributed by atoms with van der Waals surface area (Å²) >= 11 is 0. The van der Waals surface area contributed by atoms with Crippen LogP contribution in [0.15, 0.2) is 24.4 Å². The summed E-state index contributed by atoms with van der Waals surface area (Å²) < 4.78 is 10.8. The molecule has 2 atom stereocenters. The third-order valence-electron chi connectivity index (χ3n) is 6.06. The van der Waals surface area contributed by atoms with Crippen molar-refractivity contribution in [2.75, 3.05) is 36.5 Å². The quantitative estimate of drug-likeness (QED) is 0.683. The topological polar surface area (TPSA) is 106 Å². The normalized spacial score (nSPS) is 21.9. The van der Waals surface area contributed by atoms with Gasteiger partial charge in [-0.1, -0.05) is 0 Å². The molecule has 2 aliphatic heterocycles. The number of amides is 2. The number of fused-ring (bicyclic) bond motifs is 2. The lowest BCUT2D eigenvalue weighted by molar-refractivity contribution is -0.118. The number of nitrogens with zero attached hydrogens (tertiary/aromatic N) is 3. The first-order chi connectivity index (χ1) is 15.1. The zero-order valence-corrected chi connectivity index (χ0v) is 17.4. The van der Waals surface area contributed by atoms with Crippen molar-refractivity contribution in [1.82, 2.24) is 15.3 Å². The van der Waals surface area contributed by atoms with E-state index < -0.39 is 6.09 Å². The lowest BCUT2D eigenvalue weighted by atomic mass is 10.1. The summed E-state index contributed by atoms with van der Waals surface area (Å²) in [5, 5.41) is 6.17. The maximum atomic E-state index is 12.3. The van der Waals surface area contributed by atoms with E-state index in [-0.39, 0.29) is 18.6 Å². The molecule has 5 rings (SSSR count). The summed E-state index contributed by atoms with van der Waals surface area (Å²) in [6, 6.07) is 5.53. The lowest BCUT2D eigenvalue weighted by Crippen LogP contribution is -2.30. The number of aromatic nitrogens is 2. The molecule has 2 aromatic rings. The summed E-state index contributed by atoms with van der Waals surface area (Å²) in [6.45, 7) is 4.19. The highest BCUT2D eigenvalue weighted by Crippen LogP contribution is 2.30. The van der Waals surface area contributed by atoms with Crippen molar-refractivity contribution in [2.24, 2.45) is 5.92 Å². The molecule has 1 saturated heterocycles. The average molecular weight is 423 g/mol. The van der Waals surface area contributed by atoms with Crippen molar-refractivity contribution >= 4 is 23.6 Å². The Hall–Kier alpha value is -3.20. The SMILES string of the molecule is Cc1nccc2c1CC(CNCCC1CN(c3ccc4c(n3)NC(=O)CO4)C(=O)O1)C2. The zero-order valence-electron chi connectivity index (χ0n) is 17.4. The number of pyridine rings is 2. The van der Waals surface area contributed by atoms with Crippen LogP contribution in [0, 0.1) is 12.8 Å². The van der Waals surface area contributed by atoms with Gasteiger partial charge in [0.1, 0.15) is 11.9 Å². The summed E-state index contributed by atoms with van der Waals surface area (Å²) in [6.07, 6.45) is 4.15. The number of rotatable bonds is 6. The molecule has 0 saturated carbocycles. The summed E-state index contributed by atoms with van der Waals surface area (Å²) in [5.41, 5.74) is 3.95. The highest BCUT2D eigenvalue weighted by Gasteiger charge is 2.33. The Morgan fingerprint density at radius 2 is 2.16 bits per heavy atom. The number of cyclic esters (lactones) is 1. The highest BCUT2D eigenvalue weighted by molar-refractivity contribution is 5.95. The number of hydrogen-bond acceptors (Lipinski definition) is 7. The van der Waals surface area contributed by atoms with Crippen LogP contribution in [0.4, 0.5) is 16.4 Å². The van der Waals surface area contributed by atoms with Crippen LogP contribution >= 0.6 is 0 Å². The molecule has 0 radical (unpaired) electrons. The Balaban J connectivity index is 1.10.